The van der Waals surface area contributed by atoms with Crippen LogP contribution in [0.5, 0.6) is 0 Å². The lowest BCUT2D eigenvalue weighted by Gasteiger charge is -1.96. The Bertz CT molecular complexity index is 557. The molecule has 0 unspecified atom stereocenters. The first-order chi connectivity index (χ1) is 7.58. The summed E-state index contributed by atoms with van der Waals surface area (Å²) in [5.74, 6) is -0.906. The smallest absolute Gasteiger partial charge is 0.304 e. The van der Waals surface area contributed by atoms with Crippen molar-refractivity contribution >= 4 is 22.2 Å². The molecule has 8 heteroatoms. The van der Waals surface area contributed by atoms with Gasteiger partial charge in [0.15, 0.2) is 0 Å². The first kappa shape index (κ1) is 10.4. The summed E-state index contributed by atoms with van der Waals surface area (Å²) in [5, 5.41) is 18.4. The molecule has 0 spiro atoms. The van der Waals surface area contributed by atoms with Crippen molar-refractivity contribution in [2.24, 2.45) is 0 Å². The molecular weight excluding hydrogens is 235 g/mol. The molecule has 2 aromatic rings. The third-order valence-corrected chi connectivity index (χ3v) is 2.63. The lowest BCUT2D eigenvalue weighted by Crippen LogP contribution is -1.92. The van der Waals surface area contributed by atoms with Gasteiger partial charge in [0.25, 0.3) is 0 Å². The molecule has 2 N–H and O–H groups in total. The molecule has 0 amide bonds. The third-order valence-electron chi connectivity index (χ3n) is 1.83. The average Bonchev–Trinajstić information content (AvgIpc) is 2.64. The first-order valence-electron chi connectivity index (χ1n) is 4.11. The minimum atomic E-state index is -0.906. The summed E-state index contributed by atoms with van der Waals surface area (Å²) >= 11 is 1.08. The molecule has 0 fully saturated rings. The maximum absolute atomic E-state index is 13.3. The number of nitrogens with two attached hydrogens (primary N) is 1. The van der Waals surface area contributed by atoms with Crippen molar-refractivity contribution in [3.63, 3.8) is 0 Å². The van der Waals surface area contributed by atoms with Crippen LogP contribution in [0, 0.1) is 15.9 Å². The molecule has 6 nitrogen and oxygen atoms in total. The number of halogens is 1. The highest BCUT2D eigenvalue weighted by Gasteiger charge is 2.15. The van der Waals surface area contributed by atoms with Crippen molar-refractivity contribution in [1.29, 1.82) is 0 Å². The number of hydrogen-bond acceptors (Lipinski definition) is 6. The molecule has 0 aliphatic heterocycles. The Kier molecular flexibility index (Phi) is 2.49. The van der Waals surface area contributed by atoms with E-state index in [1.807, 2.05) is 0 Å². The molecule has 0 aliphatic rings. The van der Waals surface area contributed by atoms with Crippen LogP contribution in [0.4, 0.5) is 15.2 Å². The van der Waals surface area contributed by atoms with Gasteiger partial charge in [-0.1, -0.05) is 11.3 Å². The Morgan fingerprint density at radius 2 is 2.19 bits per heavy atom. The van der Waals surface area contributed by atoms with E-state index in [-0.39, 0.29) is 5.13 Å². The van der Waals surface area contributed by atoms with Crippen molar-refractivity contribution in [1.82, 2.24) is 10.2 Å². The molecule has 0 aliphatic carbocycles. The van der Waals surface area contributed by atoms with Gasteiger partial charge < -0.3 is 5.73 Å². The Hall–Kier alpha value is -2.09. The number of benzene rings is 1. The Morgan fingerprint density at radius 3 is 2.69 bits per heavy atom. The molecule has 82 valence electrons. The molecule has 1 aromatic carbocycles. The zero-order chi connectivity index (χ0) is 11.7. The second kappa shape index (κ2) is 3.81. The largest absolute Gasteiger partial charge is 0.374 e. The Labute approximate surface area is 92.7 Å². The molecule has 0 radical (unpaired) electrons. The molecule has 0 saturated carbocycles. The summed E-state index contributed by atoms with van der Waals surface area (Å²) in [7, 11) is 0. The van der Waals surface area contributed by atoms with Crippen LogP contribution in [0.25, 0.3) is 10.6 Å². The van der Waals surface area contributed by atoms with E-state index >= 15 is 0 Å². The minimum absolute atomic E-state index is 0.258. The summed E-state index contributed by atoms with van der Waals surface area (Å²) in [4.78, 5) is 9.61. The van der Waals surface area contributed by atoms with Crippen LogP contribution in [-0.2, 0) is 0 Å². The summed E-state index contributed by atoms with van der Waals surface area (Å²) in [6, 6.07) is 3.53. The fourth-order valence-electron chi connectivity index (χ4n) is 1.14. The van der Waals surface area contributed by atoms with E-state index in [1.54, 1.807) is 0 Å². The maximum Gasteiger partial charge on any atom is 0.304 e. The topological polar surface area (TPSA) is 94.9 Å². The highest BCUT2D eigenvalue weighted by molar-refractivity contribution is 7.18. The number of nitrogen functional groups attached to an aromatic ring is 1. The SMILES string of the molecule is Nc1nnc(-c2ccc([N+](=O)[O-])c(F)c2)s1. The van der Waals surface area contributed by atoms with Crippen LogP contribution in [-0.4, -0.2) is 15.1 Å². The minimum Gasteiger partial charge on any atom is -0.374 e. The van der Waals surface area contributed by atoms with Gasteiger partial charge in [-0.3, -0.25) is 10.1 Å². The second-order valence-corrected chi connectivity index (χ2v) is 3.88. The Balaban J connectivity index is 2.45. The number of hydrogen-bond donors (Lipinski definition) is 1. The van der Waals surface area contributed by atoms with Crippen molar-refractivity contribution in [3.8, 4) is 10.6 Å². The van der Waals surface area contributed by atoms with Crippen LogP contribution in [0.2, 0.25) is 0 Å². The predicted octanol–water partition coefficient (Wildman–Crippen LogP) is 1.83. The Morgan fingerprint density at radius 1 is 1.44 bits per heavy atom. The molecule has 1 aromatic heterocycles. The van der Waals surface area contributed by atoms with Crippen molar-refractivity contribution in [2.45, 2.75) is 0 Å². The second-order valence-electron chi connectivity index (χ2n) is 2.87. The third kappa shape index (κ3) is 1.82. The van der Waals surface area contributed by atoms with Gasteiger partial charge in [0.1, 0.15) is 5.01 Å². The quantitative estimate of drug-likeness (QED) is 0.638. The summed E-state index contributed by atoms with van der Waals surface area (Å²) in [6.07, 6.45) is 0. The number of aromatic nitrogens is 2. The lowest BCUT2D eigenvalue weighted by atomic mass is 10.2. The van der Waals surface area contributed by atoms with E-state index in [4.69, 9.17) is 5.73 Å². The summed E-state index contributed by atoms with van der Waals surface area (Å²) < 4.78 is 13.3. The van der Waals surface area contributed by atoms with Gasteiger partial charge in [0.2, 0.25) is 10.9 Å². The van der Waals surface area contributed by atoms with E-state index in [2.05, 4.69) is 10.2 Å². The molecule has 0 bridgehead atoms. The lowest BCUT2D eigenvalue weighted by molar-refractivity contribution is -0.387. The number of rotatable bonds is 2. The fourth-order valence-corrected chi connectivity index (χ4v) is 1.75. The van der Waals surface area contributed by atoms with Crippen molar-refractivity contribution < 1.29 is 9.31 Å². The summed E-state index contributed by atoms with van der Waals surface area (Å²) in [5.41, 5.74) is 5.22. The van der Waals surface area contributed by atoms with Crippen molar-refractivity contribution in [3.05, 3.63) is 34.1 Å². The monoisotopic (exact) mass is 240 g/mol. The van der Waals surface area contributed by atoms with Gasteiger partial charge >= 0.3 is 5.69 Å². The highest BCUT2D eigenvalue weighted by Crippen LogP contribution is 2.28. The van der Waals surface area contributed by atoms with Gasteiger partial charge in [-0.05, 0) is 12.1 Å². The van der Waals surface area contributed by atoms with Gasteiger partial charge in [0.05, 0.1) is 4.92 Å². The van der Waals surface area contributed by atoms with Crippen LogP contribution in [0.3, 0.4) is 0 Å². The fraction of sp³-hybridized carbons (Fsp3) is 0. The van der Waals surface area contributed by atoms with E-state index in [9.17, 15) is 14.5 Å². The van der Waals surface area contributed by atoms with Gasteiger partial charge in [0, 0.05) is 11.6 Å². The van der Waals surface area contributed by atoms with Gasteiger partial charge in [-0.25, -0.2) is 0 Å². The molecule has 1 heterocycles. The van der Waals surface area contributed by atoms with Crippen LogP contribution >= 0.6 is 11.3 Å². The standard InChI is InChI=1S/C8H5FN4O2S/c9-5-3-4(1-2-6(5)13(14)15)7-11-12-8(10)16-7/h1-3H,(H2,10,12). The van der Waals surface area contributed by atoms with Crippen LogP contribution < -0.4 is 5.73 Å². The van der Waals surface area contributed by atoms with E-state index in [0.29, 0.717) is 10.6 Å². The molecule has 2 rings (SSSR count). The zero-order valence-corrected chi connectivity index (χ0v) is 8.57. The normalized spacial score (nSPS) is 10.3. The number of nitro groups is 1. The highest BCUT2D eigenvalue weighted by atomic mass is 32.1. The van der Waals surface area contributed by atoms with Gasteiger partial charge in [-0.15, -0.1) is 10.2 Å². The van der Waals surface area contributed by atoms with Crippen LogP contribution in [0.1, 0.15) is 0 Å². The number of anilines is 1. The number of nitro benzene ring substituents is 1. The summed E-state index contributed by atoms with van der Waals surface area (Å²) in [6.45, 7) is 0. The maximum atomic E-state index is 13.3. The van der Waals surface area contributed by atoms with E-state index < -0.39 is 16.4 Å². The molecular formula is C8H5FN4O2S. The zero-order valence-electron chi connectivity index (χ0n) is 7.75. The van der Waals surface area contributed by atoms with Crippen molar-refractivity contribution in [2.75, 3.05) is 5.73 Å². The van der Waals surface area contributed by atoms with E-state index in [0.717, 1.165) is 23.5 Å². The predicted molar refractivity (Wildman–Crippen MR) is 56.4 cm³/mol. The van der Waals surface area contributed by atoms with E-state index in [1.165, 1.54) is 6.07 Å². The van der Waals surface area contributed by atoms with Gasteiger partial charge in [-0.2, -0.15) is 4.39 Å². The average molecular weight is 240 g/mol. The number of nitrogens with zero attached hydrogens (tertiary/aromatic N) is 3. The molecule has 0 atom stereocenters. The molecule has 16 heavy (non-hydrogen) atoms. The first-order valence-corrected chi connectivity index (χ1v) is 4.93. The molecule has 0 saturated heterocycles. The van der Waals surface area contributed by atoms with Crippen LogP contribution in [0.15, 0.2) is 18.2 Å².